The van der Waals surface area contributed by atoms with Crippen LogP contribution in [0.3, 0.4) is 0 Å². The standard InChI is InChI=1S/C27H29N5O5S/c28-38(34,35)29-17-8-7-16-24(30-27(33)36-19-20-10-3-1-4-11-20)26-31-25(32-37-26)23-15-9-14-22(18-23)21-12-5-2-6-13-21/h1-6,9-15,18,24,29H,7-8,16-17,19H2,(H,30,33)(H2,28,34,35). The Kier molecular flexibility index (Phi) is 9.20. The zero-order valence-electron chi connectivity index (χ0n) is 20.6. The largest absolute Gasteiger partial charge is 0.445 e. The van der Waals surface area contributed by atoms with Crippen LogP contribution in [0.1, 0.15) is 36.8 Å². The van der Waals surface area contributed by atoms with Gasteiger partial charge < -0.3 is 14.6 Å². The molecule has 1 aromatic heterocycles. The first-order valence-corrected chi connectivity index (χ1v) is 13.7. The topological polar surface area (TPSA) is 149 Å². The highest BCUT2D eigenvalue weighted by Gasteiger charge is 2.22. The van der Waals surface area contributed by atoms with Crippen molar-refractivity contribution in [1.29, 1.82) is 0 Å². The monoisotopic (exact) mass is 535 g/mol. The van der Waals surface area contributed by atoms with E-state index in [1.54, 1.807) is 0 Å². The van der Waals surface area contributed by atoms with E-state index in [0.29, 0.717) is 25.1 Å². The average molecular weight is 536 g/mol. The third kappa shape index (κ3) is 8.23. The van der Waals surface area contributed by atoms with Crippen molar-refractivity contribution in [2.75, 3.05) is 6.54 Å². The molecule has 1 amide bonds. The predicted molar refractivity (Wildman–Crippen MR) is 143 cm³/mol. The first kappa shape index (κ1) is 27.0. The second kappa shape index (κ2) is 13.0. The van der Waals surface area contributed by atoms with Crippen LogP contribution >= 0.6 is 0 Å². The van der Waals surface area contributed by atoms with Gasteiger partial charge in [0, 0.05) is 12.1 Å². The number of rotatable bonds is 12. The predicted octanol–water partition coefficient (Wildman–Crippen LogP) is 4.33. The van der Waals surface area contributed by atoms with Gasteiger partial charge in [0.05, 0.1) is 0 Å². The summed E-state index contributed by atoms with van der Waals surface area (Å²) in [7, 11) is -3.76. The van der Waals surface area contributed by atoms with Crippen LogP contribution in [0, 0.1) is 0 Å². The van der Waals surface area contributed by atoms with Crippen LogP contribution in [-0.4, -0.2) is 31.2 Å². The number of hydrogen-bond donors (Lipinski definition) is 3. The lowest BCUT2D eigenvalue weighted by Crippen LogP contribution is -2.32. The zero-order chi connectivity index (χ0) is 26.8. The fourth-order valence-electron chi connectivity index (χ4n) is 3.81. The second-order valence-electron chi connectivity index (χ2n) is 8.60. The molecule has 0 spiro atoms. The summed E-state index contributed by atoms with van der Waals surface area (Å²) >= 11 is 0. The molecule has 0 aliphatic heterocycles. The summed E-state index contributed by atoms with van der Waals surface area (Å²) in [6.07, 6.45) is 0.826. The van der Waals surface area contributed by atoms with Crippen molar-refractivity contribution < 1.29 is 22.5 Å². The maximum Gasteiger partial charge on any atom is 0.408 e. The lowest BCUT2D eigenvalue weighted by molar-refractivity contribution is 0.132. The van der Waals surface area contributed by atoms with E-state index in [2.05, 4.69) is 20.2 Å². The molecule has 0 aliphatic carbocycles. The summed E-state index contributed by atoms with van der Waals surface area (Å²) in [5.41, 5.74) is 3.69. The Bertz CT molecular complexity index is 1430. The molecule has 4 N–H and O–H groups in total. The molecule has 0 aliphatic rings. The minimum atomic E-state index is -3.76. The minimum Gasteiger partial charge on any atom is -0.445 e. The SMILES string of the molecule is NS(=O)(=O)NCCCCC(NC(=O)OCc1ccccc1)c1nc(-c2cccc(-c3ccccc3)c2)no1. The summed E-state index contributed by atoms with van der Waals surface area (Å²) in [5.74, 6) is 0.610. The smallest absolute Gasteiger partial charge is 0.408 e. The number of carbonyl (C=O) groups is 1. The summed E-state index contributed by atoms with van der Waals surface area (Å²) in [5, 5.41) is 11.9. The number of nitrogens with one attached hydrogen (secondary N) is 2. The molecular formula is C27H29N5O5S. The molecule has 198 valence electrons. The number of nitrogens with zero attached hydrogens (tertiary/aromatic N) is 2. The van der Waals surface area contributed by atoms with Gasteiger partial charge in [0.25, 0.3) is 10.2 Å². The minimum absolute atomic E-state index is 0.110. The quantitative estimate of drug-likeness (QED) is 0.229. The van der Waals surface area contributed by atoms with E-state index in [0.717, 1.165) is 22.3 Å². The molecule has 1 unspecified atom stereocenters. The number of nitrogens with two attached hydrogens (primary N) is 1. The van der Waals surface area contributed by atoms with Crippen molar-refractivity contribution in [3.8, 4) is 22.5 Å². The first-order valence-electron chi connectivity index (χ1n) is 12.1. The molecule has 1 atom stereocenters. The number of alkyl carbamates (subject to hydrolysis) is 1. The molecule has 38 heavy (non-hydrogen) atoms. The van der Waals surface area contributed by atoms with Crippen LogP contribution in [-0.2, 0) is 21.6 Å². The van der Waals surface area contributed by atoms with Gasteiger partial charge >= 0.3 is 6.09 Å². The number of ether oxygens (including phenoxy) is 1. The Morgan fingerprint density at radius 1 is 0.921 bits per heavy atom. The van der Waals surface area contributed by atoms with Crippen molar-refractivity contribution in [2.24, 2.45) is 5.14 Å². The highest BCUT2D eigenvalue weighted by molar-refractivity contribution is 7.87. The van der Waals surface area contributed by atoms with Gasteiger partial charge in [-0.2, -0.15) is 13.4 Å². The van der Waals surface area contributed by atoms with Gasteiger partial charge in [-0.3, -0.25) is 0 Å². The normalized spacial score (nSPS) is 12.1. The number of unbranched alkanes of at least 4 members (excludes halogenated alkanes) is 1. The molecule has 11 heteroatoms. The van der Waals surface area contributed by atoms with E-state index in [1.165, 1.54) is 0 Å². The first-order chi connectivity index (χ1) is 18.4. The maximum atomic E-state index is 12.6. The van der Waals surface area contributed by atoms with Gasteiger partial charge in [-0.15, -0.1) is 0 Å². The lowest BCUT2D eigenvalue weighted by Gasteiger charge is -2.15. The molecule has 10 nitrogen and oxygen atoms in total. The van der Waals surface area contributed by atoms with Crippen molar-refractivity contribution in [3.63, 3.8) is 0 Å². The number of amides is 1. The van der Waals surface area contributed by atoms with E-state index in [1.807, 2.05) is 84.9 Å². The molecule has 4 rings (SSSR count). The van der Waals surface area contributed by atoms with Gasteiger partial charge in [0.2, 0.25) is 11.7 Å². The molecule has 0 saturated heterocycles. The van der Waals surface area contributed by atoms with Crippen molar-refractivity contribution in [3.05, 3.63) is 96.4 Å². The van der Waals surface area contributed by atoms with E-state index in [9.17, 15) is 13.2 Å². The third-order valence-corrected chi connectivity index (χ3v) is 6.30. The van der Waals surface area contributed by atoms with Crippen molar-refractivity contribution in [1.82, 2.24) is 20.2 Å². The Morgan fingerprint density at radius 3 is 2.34 bits per heavy atom. The summed E-state index contributed by atoms with van der Waals surface area (Å²) in [4.78, 5) is 17.1. The van der Waals surface area contributed by atoms with Gasteiger partial charge in [0.15, 0.2) is 0 Å². The van der Waals surface area contributed by atoms with E-state index >= 15 is 0 Å². The van der Waals surface area contributed by atoms with E-state index in [-0.39, 0.29) is 19.0 Å². The second-order valence-corrected chi connectivity index (χ2v) is 9.98. The highest BCUT2D eigenvalue weighted by Crippen LogP contribution is 2.26. The number of aromatic nitrogens is 2. The van der Waals surface area contributed by atoms with E-state index in [4.69, 9.17) is 14.4 Å². The summed E-state index contributed by atoms with van der Waals surface area (Å²) < 4.78 is 35.3. The highest BCUT2D eigenvalue weighted by atomic mass is 32.2. The molecule has 0 fully saturated rings. The molecule has 0 radical (unpaired) electrons. The Balaban J connectivity index is 1.45. The maximum absolute atomic E-state index is 12.6. The zero-order valence-corrected chi connectivity index (χ0v) is 21.4. The average Bonchev–Trinajstić information content (AvgIpc) is 3.42. The van der Waals surface area contributed by atoms with Crippen LogP contribution in [0.25, 0.3) is 22.5 Å². The molecule has 0 saturated carbocycles. The molecule has 3 aromatic carbocycles. The van der Waals surface area contributed by atoms with Crippen LogP contribution in [0.4, 0.5) is 4.79 Å². The van der Waals surface area contributed by atoms with Crippen LogP contribution < -0.4 is 15.2 Å². The number of benzene rings is 3. The fourth-order valence-corrected chi connectivity index (χ4v) is 4.24. The Morgan fingerprint density at radius 2 is 1.61 bits per heavy atom. The Labute approximate surface area is 221 Å². The van der Waals surface area contributed by atoms with Crippen LogP contribution in [0.5, 0.6) is 0 Å². The lowest BCUT2D eigenvalue weighted by atomic mass is 10.0. The summed E-state index contributed by atoms with van der Waals surface area (Å²) in [6, 6.07) is 26.4. The van der Waals surface area contributed by atoms with Gasteiger partial charge in [-0.25, -0.2) is 14.7 Å². The third-order valence-electron chi connectivity index (χ3n) is 5.70. The molecule has 4 aromatic rings. The van der Waals surface area contributed by atoms with Gasteiger partial charge in [-0.1, -0.05) is 84.0 Å². The van der Waals surface area contributed by atoms with Gasteiger partial charge in [-0.05, 0) is 42.0 Å². The molecular weight excluding hydrogens is 506 g/mol. The van der Waals surface area contributed by atoms with Crippen molar-refractivity contribution >= 4 is 16.3 Å². The van der Waals surface area contributed by atoms with Crippen LogP contribution in [0.2, 0.25) is 0 Å². The van der Waals surface area contributed by atoms with Crippen LogP contribution in [0.15, 0.2) is 89.5 Å². The molecule has 0 bridgehead atoms. The van der Waals surface area contributed by atoms with E-state index < -0.39 is 22.3 Å². The number of hydrogen-bond acceptors (Lipinski definition) is 7. The Hall–Kier alpha value is -4.06. The fraction of sp³-hybridized carbons (Fsp3) is 0.222. The number of carbonyl (C=O) groups excluding carboxylic acids is 1. The summed E-state index contributed by atoms with van der Waals surface area (Å²) in [6.45, 7) is 0.282. The van der Waals surface area contributed by atoms with Gasteiger partial charge in [0.1, 0.15) is 12.6 Å². The molecule has 1 heterocycles. The van der Waals surface area contributed by atoms with Crippen molar-refractivity contribution in [2.45, 2.75) is 31.9 Å².